The summed E-state index contributed by atoms with van der Waals surface area (Å²) in [5, 5.41) is -0.515. The van der Waals surface area contributed by atoms with E-state index >= 15 is 0 Å². The van der Waals surface area contributed by atoms with Gasteiger partial charge in [0.05, 0.1) is 20.0 Å². The second kappa shape index (κ2) is 9.44. The second-order valence-corrected chi connectivity index (χ2v) is 8.31. The van der Waals surface area contributed by atoms with Crippen LogP contribution in [0.25, 0.3) is 6.08 Å². The molecule has 2 rings (SSSR count). The van der Waals surface area contributed by atoms with Crippen molar-refractivity contribution in [2.75, 3.05) is 13.2 Å². The molecule has 0 N–H and O–H groups in total. The zero-order chi connectivity index (χ0) is 20.1. The lowest BCUT2D eigenvalue weighted by Gasteiger charge is -2.13. The largest absolute Gasteiger partial charge is 0.479 e. The lowest BCUT2D eigenvalue weighted by Crippen LogP contribution is -2.35. The highest BCUT2D eigenvalue weighted by Gasteiger charge is 2.36. The van der Waals surface area contributed by atoms with Crippen LogP contribution < -0.4 is 4.74 Å². The van der Waals surface area contributed by atoms with Gasteiger partial charge in [-0.05, 0) is 81.2 Å². The molecule has 0 atom stereocenters. The number of nitrogens with zero attached hydrogens (tertiary/aromatic N) is 1. The second-order valence-electron chi connectivity index (χ2n) is 5.61. The van der Waals surface area contributed by atoms with Gasteiger partial charge in [-0.15, -0.1) is 6.42 Å². The van der Waals surface area contributed by atoms with Crippen LogP contribution in [0.2, 0.25) is 0 Å². The number of carbonyl (C=O) groups is 3. The summed E-state index contributed by atoms with van der Waals surface area (Å²) >= 11 is 7.55. The Morgan fingerprint density at radius 2 is 1.96 bits per heavy atom. The van der Waals surface area contributed by atoms with Crippen molar-refractivity contribution in [2.45, 2.75) is 20.0 Å². The van der Waals surface area contributed by atoms with Crippen molar-refractivity contribution in [1.29, 1.82) is 0 Å². The molecule has 0 bridgehead atoms. The molecule has 2 amide bonds. The fourth-order valence-electron chi connectivity index (χ4n) is 2.13. The van der Waals surface area contributed by atoms with Gasteiger partial charge in [-0.1, -0.05) is 5.92 Å². The summed E-state index contributed by atoms with van der Waals surface area (Å²) in [6, 6.07) is 3.47. The van der Waals surface area contributed by atoms with Gasteiger partial charge in [0.25, 0.3) is 11.1 Å². The Labute approximate surface area is 177 Å². The SMILES string of the molecule is C#CCOc1c(Br)cc(/C=C2/SC(=O)N(CC(=O)OC(C)C)C2=O)cc1Br. The Kier molecular flexibility index (Phi) is 7.53. The highest BCUT2D eigenvalue weighted by atomic mass is 79.9. The van der Waals surface area contributed by atoms with Gasteiger partial charge in [-0.2, -0.15) is 0 Å². The molecule has 1 saturated heterocycles. The summed E-state index contributed by atoms with van der Waals surface area (Å²) in [4.78, 5) is 37.4. The number of esters is 1. The Balaban J connectivity index is 2.20. The van der Waals surface area contributed by atoms with Crippen molar-refractivity contribution in [2.24, 2.45) is 0 Å². The van der Waals surface area contributed by atoms with Crippen LogP contribution in [-0.2, 0) is 14.3 Å². The summed E-state index contributed by atoms with van der Waals surface area (Å²) in [7, 11) is 0. The number of terminal acetylenes is 1. The van der Waals surface area contributed by atoms with E-state index in [1.54, 1.807) is 32.1 Å². The van der Waals surface area contributed by atoms with E-state index in [4.69, 9.17) is 15.9 Å². The van der Waals surface area contributed by atoms with Crippen LogP contribution in [0.4, 0.5) is 4.79 Å². The first-order valence-corrected chi connectivity index (χ1v) is 10.1. The summed E-state index contributed by atoms with van der Waals surface area (Å²) in [5.74, 6) is 1.75. The van der Waals surface area contributed by atoms with E-state index in [1.807, 2.05) is 0 Å². The summed E-state index contributed by atoms with van der Waals surface area (Å²) in [6.45, 7) is 3.09. The van der Waals surface area contributed by atoms with Crippen molar-refractivity contribution >= 4 is 66.8 Å². The predicted octanol–water partition coefficient (Wildman–Crippen LogP) is 4.21. The van der Waals surface area contributed by atoms with Crippen LogP contribution in [0.1, 0.15) is 19.4 Å². The molecule has 1 aromatic rings. The summed E-state index contributed by atoms with van der Waals surface area (Å²) in [6.07, 6.45) is 6.44. The molecule has 0 unspecified atom stereocenters. The summed E-state index contributed by atoms with van der Waals surface area (Å²) < 4.78 is 11.7. The third kappa shape index (κ3) is 5.61. The quantitative estimate of drug-likeness (QED) is 0.320. The molecule has 1 aromatic carbocycles. The van der Waals surface area contributed by atoms with Gasteiger partial charge in [-0.3, -0.25) is 19.3 Å². The molecule has 142 valence electrons. The van der Waals surface area contributed by atoms with E-state index in [9.17, 15) is 14.4 Å². The van der Waals surface area contributed by atoms with Gasteiger partial charge in [0.1, 0.15) is 18.9 Å². The van der Waals surface area contributed by atoms with Crippen molar-refractivity contribution in [3.63, 3.8) is 0 Å². The Bertz CT molecular complexity index is 837. The van der Waals surface area contributed by atoms with Gasteiger partial charge >= 0.3 is 5.97 Å². The molecule has 1 aliphatic heterocycles. The monoisotopic (exact) mass is 515 g/mol. The molecular weight excluding hydrogens is 502 g/mol. The van der Waals surface area contributed by atoms with Crippen molar-refractivity contribution < 1.29 is 23.9 Å². The average molecular weight is 517 g/mol. The minimum Gasteiger partial charge on any atom is -0.479 e. The van der Waals surface area contributed by atoms with Crippen molar-refractivity contribution in [3.05, 3.63) is 31.5 Å². The number of halogens is 2. The third-order valence-corrected chi connectivity index (χ3v) is 5.23. The minimum absolute atomic E-state index is 0.113. The number of rotatable bonds is 6. The van der Waals surface area contributed by atoms with Crippen molar-refractivity contribution in [1.82, 2.24) is 4.90 Å². The molecule has 0 aliphatic carbocycles. The lowest BCUT2D eigenvalue weighted by atomic mass is 10.2. The molecular formula is C18H15Br2NO5S. The molecule has 6 nitrogen and oxygen atoms in total. The van der Waals surface area contributed by atoms with E-state index in [0.29, 0.717) is 20.3 Å². The zero-order valence-electron chi connectivity index (χ0n) is 14.5. The normalized spacial score (nSPS) is 15.4. The van der Waals surface area contributed by atoms with Gasteiger partial charge in [0.2, 0.25) is 0 Å². The first-order chi connectivity index (χ1) is 12.7. The topological polar surface area (TPSA) is 72.9 Å². The molecule has 0 saturated carbocycles. The number of thioether (sulfide) groups is 1. The number of carbonyl (C=O) groups excluding carboxylic acids is 3. The smallest absolute Gasteiger partial charge is 0.326 e. The first-order valence-electron chi connectivity index (χ1n) is 7.73. The zero-order valence-corrected chi connectivity index (χ0v) is 18.4. The Morgan fingerprint density at radius 1 is 1.33 bits per heavy atom. The van der Waals surface area contributed by atoms with E-state index in [-0.39, 0.29) is 17.6 Å². The molecule has 1 fully saturated rings. The molecule has 0 spiro atoms. The average Bonchev–Trinajstić information content (AvgIpc) is 2.81. The van der Waals surface area contributed by atoms with E-state index in [1.165, 1.54) is 0 Å². The lowest BCUT2D eigenvalue weighted by molar-refractivity contribution is -0.149. The Morgan fingerprint density at radius 3 is 2.52 bits per heavy atom. The van der Waals surface area contributed by atoms with Gasteiger partial charge in [0, 0.05) is 0 Å². The van der Waals surface area contributed by atoms with Crippen LogP contribution in [-0.4, -0.2) is 41.3 Å². The Hall–Kier alpha value is -1.76. The number of hydrogen-bond acceptors (Lipinski definition) is 6. The number of hydrogen-bond donors (Lipinski definition) is 0. The van der Waals surface area contributed by atoms with Crippen LogP contribution in [0, 0.1) is 12.3 Å². The maximum absolute atomic E-state index is 12.5. The highest BCUT2D eigenvalue weighted by Crippen LogP contribution is 2.37. The number of imide groups is 1. The molecule has 1 heterocycles. The van der Waals surface area contributed by atoms with Crippen LogP contribution >= 0.6 is 43.6 Å². The molecule has 0 radical (unpaired) electrons. The van der Waals surface area contributed by atoms with Crippen LogP contribution in [0.5, 0.6) is 5.75 Å². The fourth-order valence-corrected chi connectivity index (χ4v) is 4.42. The number of benzene rings is 1. The van der Waals surface area contributed by atoms with Gasteiger partial charge in [0.15, 0.2) is 0 Å². The molecule has 9 heteroatoms. The van der Waals surface area contributed by atoms with Gasteiger partial charge < -0.3 is 9.47 Å². The van der Waals surface area contributed by atoms with E-state index in [2.05, 4.69) is 37.8 Å². The highest BCUT2D eigenvalue weighted by molar-refractivity contribution is 9.11. The molecule has 27 heavy (non-hydrogen) atoms. The van der Waals surface area contributed by atoms with E-state index < -0.39 is 23.7 Å². The maximum atomic E-state index is 12.5. The van der Waals surface area contributed by atoms with Crippen LogP contribution in [0.15, 0.2) is 26.0 Å². The summed E-state index contributed by atoms with van der Waals surface area (Å²) in [5.41, 5.74) is 0.664. The molecule has 0 aromatic heterocycles. The number of amides is 2. The standard InChI is InChI=1S/C18H15Br2NO5S/c1-4-5-25-16-12(19)6-11(7-13(16)20)8-14-17(23)21(18(24)27-14)9-15(22)26-10(2)3/h1,6-8,10H,5,9H2,2-3H3/b14-8+. The first kappa shape index (κ1) is 21.5. The van der Waals surface area contributed by atoms with Crippen LogP contribution in [0.3, 0.4) is 0 Å². The van der Waals surface area contributed by atoms with E-state index in [0.717, 1.165) is 16.7 Å². The fraction of sp³-hybridized carbons (Fsp3) is 0.278. The van der Waals surface area contributed by atoms with Crippen molar-refractivity contribution in [3.8, 4) is 18.1 Å². The van der Waals surface area contributed by atoms with Gasteiger partial charge in [-0.25, -0.2) is 0 Å². The minimum atomic E-state index is -0.631. The third-order valence-electron chi connectivity index (χ3n) is 3.15. The molecule has 1 aliphatic rings. The number of ether oxygens (including phenoxy) is 2. The predicted molar refractivity (Wildman–Crippen MR) is 110 cm³/mol. The maximum Gasteiger partial charge on any atom is 0.326 e.